The van der Waals surface area contributed by atoms with Crippen molar-refractivity contribution < 1.29 is 19.1 Å². The van der Waals surface area contributed by atoms with E-state index in [4.69, 9.17) is 10.5 Å². The number of carbonyl (C=O) groups is 3. The molecule has 9 nitrogen and oxygen atoms in total. The first-order valence-electron chi connectivity index (χ1n) is 10.8. The average Bonchev–Trinajstić information content (AvgIpc) is 3.38. The molecule has 1 saturated heterocycles. The van der Waals surface area contributed by atoms with E-state index in [0.29, 0.717) is 6.54 Å². The smallest absolute Gasteiger partial charge is 0.313 e. The highest BCUT2D eigenvalue weighted by Crippen LogP contribution is 2.35. The fourth-order valence-corrected chi connectivity index (χ4v) is 4.76. The molecule has 0 radical (unpaired) electrons. The monoisotopic (exact) mass is 479 g/mol. The normalized spacial score (nSPS) is 17.8. The lowest BCUT2D eigenvalue weighted by Gasteiger charge is -2.38. The lowest BCUT2D eigenvalue weighted by molar-refractivity contribution is -0.146. The molecule has 1 aromatic carbocycles. The topological polar surface area (TPSA) is 128 Å². The summed E-state index contributed by atoms with van der Waals surface area (Å²) in [5.41, 5.74) is 9.37. The second kappa shape index (κ2) is 10.0. The summed E-state index contributed by atoms with van der Waals surface area (Å²) in [7, 11) is 1.36. The minimum Gasteiger partial charge on any atom is -0.480 e. The van der Waals surface area contributed by atoms with E-state index in [1.54, 1.807) is 21.7 Å². The summed E-state index contributed by atoms with van der Waals surface area (Å²) in [6, 6.07) is 9.16. The second-order valence-corrected chi connectivity index (χ2v) is 9.13. The number of pyridine rings is 1. The molecule has 2 aromatic heterocycles. The van der Waals surface area contributed by atoms with Crippen LogP contribution in [0.1, 0.15) is 41.7 Å². The standard InChI is InChI=1S/C24H25N5O4S/c1-14-3-8-19(15-4-6-16(7-5-15)20-11-26-13-34-20)29(12-14)24(32)22(31)28-17-9-18(21(25)30)23(33-2)27-10-17/h4-7,9-11,13-14,19H,3,8,12H2,1-2H3,(H2,25,30)(H,28,31)/t14-,19?/m0/s1. The number of nitrogens with one attached hydrogen (secondary N) is 1. The number of piperidine rings is 1. The zero-order valence-electron chi connectivity index (χ0n) is 18.9. The first-order valence-corrected chi connectivity index (χ1v) is 11.7. The maximum absolute atomic E-state index is 13.2. The molecule has 4 rings (SSSR count). The van der Waals surface area contributed by atoms with Crippen LogP contribution in [0.15, 0.2) is 48.2 Å². The van der Waals surface area contributed by atoms with Crippen LogP contribution in [-0.4, -0.2) is 46.2 Å². The van der Waals surface area contributed by atoms with Crippen molar-refractivity contribution in [1.82, 2.24) is 14.9 Å². The van der Waals surface area contributed by atoms with Crippen LogP contribution in [0.3, 0.4) is 0 Å². The molecule has 0 bridgehead atoms. The van der Waals surface area contributed by atoms with E-state index in [2.05, 4.69) is 22.2 Å². The number of methoxy groups -OCH3 is 1. The molecule has 0 aliphatic carbocycles. The number of amides is 3. The van der Waals surface area contributed by atoms with Gasteiger partial charge in [-0.25, -0.2) is 4.98 Å². The van der Waals surface area contributed by atoms with Crippen LogP contribution in [0, 0.1) is 5.92 Å². The fourth-order valence-electron chi connectivity index (χ4n) is 4.13. The number of anilines is 1. The lowest BCUT2D eigenvalue weighted by Crippen LogP contribution is -2.46. The third-order valence-electron chi connectivity index (χ3n) is 5.85. The Morgan fingerprint density at radius 3 is 2.59 bits per heavy atom. The predicted octanol–water partition coefficient (Wildman–Crippen LogP) is 3.25. The van der Waals surface area contributed by atoms with Crippen molar-refractivity contribution in [1.29, 1.82) is 0 Å². The average molecular weight is 480 g/mol. The van der Waals surface area contributed by atoms with Gasteiger partial charge in [-0.3, -0.25) is 19.4 Å². The van der Waals surface area contributed by atoms with E-state index < -0.39 is 17.7 Å². The molecule has 1 aliphatic rings. The van der Waals surface area contributed by atoms with Gasteiger partial charge in [0.25, 0.3) is 5.91 Å². The Kier molecular flexibility index (Phi) is 6.87. The van der Waals surface area contributed by atoms with Gasteiger partial charge in [-0.05, 0) is 36.0 Å². The van der Waals surface area contributed by atoms with Gasteiger partial charge in [0.1, 0.15) is 5.56 Å². The molecule has 3 aromatic rings. The minimum absolute atomic E-state index is 0.0123. The van der Waals surface area contributed by atoms with Gasteiger partial charge < -0.3 is 20.7 Å². The molecule has 1 fully saturated rings. The van der Waals surface area contributed by atoms with Gasteiger partial charge in [0.05, 0.1) is 35.4 Å². The summed E-state index contributed by atoms with van der Waals surface area (Å²) in [5.74, 6) is -1.88. The molecule has 34 heavy (non-hydrogen) atoms. The van der Waals surface area contributed by atoms with Crippen molar-refractivity contribution in [3.8, 4) is 16.3 Å². The second-order valence-electron chi connectivity index (χ2n) is 8.24. The van der Waals surface area contributed by atoms with Gasteiger partial charge in [0.15, 0.2) is 0 Å². The van der Waals surface area contributed by atoms with Crippen LogP contribution in [0.25, 0.3) is 10.4 Å². The largest absolute Gasteiger partial charge is 0.480 e. The van der Waals surface area contributed by atoms with Gasteiger partial charge in [0.2, 0.25) is 5.88 Å². The van der Waals surface area contributed by atoms with Crippen LogP contribution in [-0.2, 0) is 9.59 Å². The van der Waals surface area contributed by atoms with Crippen LogP contribution in [0.4, 0.5) is 5.69 Å². The van der Waals surface area contributed by atoms with Crippen LogP contribution in [0.2, 0.25) is 0 Å². The van der Waals surface area contributed by atoms with Crippen molar-refractivity contribution in [2.45, 2.75) is 25.8 Å². The predicted molar refractivity (Wildman–Crippen MR) is 128 cm³/mol. The van der Waals surface area contributed by atoms with E-state index in [1.165, 1.54) is 19.4 Å². The van der Waals surface area contributed by atoms with Crippen LogP contribution < -0.4 is 15.8 Å². The molecule has 1 unspecified atom stereocenters. The van der Waals surface area contributed by atoms with Gasteiger partial charge >= 0.3 is 11.8 Å². The number of nitrogens with zero attached hydrogens (tertiary/aromatic N) is 3. The Hall–Kier alpha value is -3.79. The number of primary amides is 1. The number of likely N-dealkylation sites (tertiary alicyclic amines) is 1. The number of hydrogen-bond acceptors (Lipinski definition) is 7. The Morgan fingerprint density at radius 2 is 1.94 bits per heavy atom. The molecule has 0 spiro atoms. The van der Waals surface area contributed by atoms with Gasteiger partial charge in [-0.2, -0.15) is 0 Å². The lowest BCUT2D eigenvalue weighted by atomic mass is 9.89. The highest BCUT2D eigenvalue weighted by atomic mass is 32.1. The number of nitrogens with two attached hydrogens (primary N) is 1. The molecule has 3 amide bonds. The summed E-state index contributed by atoms with van der Waals surface area (Å²) in [6.45, 7) is 2.54. The third kappa shape index (κ3) is 4.91. The summed E-state index contributed by atoms with van der Waals surface area (Å²) in [6.07, 6.45) is 4.85. The van der Waals surface area contributed by atoms with Crippen molar-refractivity contribution in [2.24, 2.45) is 11.7 Å². The molecule has 0 saturated carbocycles. The molecule has 2 atom stereocenters. The van der Waals surface area contributed by atoms with Crippen molar-refractivity contribution in [3.63, 3.8) is 0 Å². The maximum Gasteiger partial charge on any atom is 0.313 e. The summed E-state index contributed by atoms with van der Waals surface area (Å²) < 4.78 is 5.01. The number of ether oxygens (including phenoxy) is 1. The number of benzene rings is 1. The molecule has 176 valence electrons. The first-order chi connectivity index (χ1) is 16.4. The Labute approximate surface area is 201 Å². The van der Waals surface area contributed by atoms with Crippen molar-refractivity contribution in [3.05, 3.63) is 59.4 Å². The zero-order valence-corrected chi connectivity index (χ0v) is 19.7. The summed E-state index contributed by atoms with van der Waals surface area (Å²) in [4.78, 5) is 48.5. The van der Waals surface area contributed by atoms with E-state index >= 15 is 0 Å². The number of carbonyl (C=O) groups excluding carboxylic acids is 3. The zero-order chi connectivity index (χ0) is 24.2. The molecule has 10 heteroatoms. The van der Waals surface area contributed by atoms with Crippen molar-refractivity contribution in [2.75, 3.05) is 19.0 Å². The van der Waals surface area contributed by atoms with E-state index in [-0.39, 0.29) is 29.1 Å². The van der Waals surface area contributed by atoms with Gasteiger partial charge in [0, 0.05) is 12.7 Å². The molecule has 1 aliphatic heterocycles. The minimum atomic E-state index is -0.803. The maximum atomic E-state index is 13.2. The fraction of sp³-hybridized carbons (Fsp3) is 0.292. The van der Waals surface area contributed by atoms with E-state index in [1.807, 2.05) is 30.5 Å². The summed E-state index contributed by atoms with van der Waals surface area (Å²) in [5, 5.41) is 2.54. The van der Waals surface area contributed by atoms with Crippen molar-refractivity contribution >= 4 is 34.7 Å². The Bertz CT molecular complexity index is 1200. The van der Waals surface area contributed by atoms with E-state index in [9.17, 15) is 14.4 Å². The summed E-state index contributed by atoms with van der Waals surface area (Å²) >= 11 is 1.56. The Balaban J connectivity index is 1.53. The number of thiazole rings is 1. The highest BCUT2D eigenvalue weighted by molar-refractivity contribution is 7.13. The van der Waals surface area contributed by atoms with Crippen LogP contribution in [0.5, 0.6) is 5.88 Å². The quantitative estimate of drug-likeness (QED) is 0.541. The Morgan fingerprint density at radius 1 is 1.18 bits per heavy atom. The van der Waals surface area contributed by atoms with Gasteiger partial charge in [-0.1, -0.05) is 31.2 Å². The highest BCUT2D eigenvalue weighted by Gasteiger charge is 2.34. The van der Waals surface area contributed by atoms with Gasteiger partial charge in [-0.15, -0.1) is 11.3 Å². The third-order valence-corrected chi connectivity index (χ3v) is 6.67. The molecule has 3 N–H and O–H groups in total. The molecular weight excluding hydrogens is 454 g/mol. The number of hydrogen-bond donors (Lipinski definition) is 2. The molecule has 3 heterocycles. The number of rotatable bonds is 5. The molecular formula is C24H25N5O4S. The SMILES string of the molecule is COc1ncc(NC(=O)C(=O)N2C[C@@H](C)CCC2c2ccc(-c3cncs3)cc2)cc1C(N)=O. The first kappa shape index (κ1) is 23.4. The van der Waals surface area contributed by atoms with Crippen LogP contribution >= 0.6 is 11.3 Å². The van der Waals surface area contributed by atoms with E-state index in [0.717, 1.165) is 28.8 Å². The number of aromatic nitrogens is 2.